The molecule has 6 nitrogen and oxygen atoms in total. The van der Waals surface area contributed by atoms with Crippen molar-refractivity contribution in [2.75, 3.05) is 14.2 Å². The summed E-state index contributed by atoms with van der Waals surface area (Å²) in [7, 11) is 2.55. The van der Waals surface area contributed by atoms with Crippen molar-refractivity contribution in [2.45, 2.75) is 0 Å². The van der Waals surface area contributed by atoms with Crippen molar-refractivity contribution in [1.29, 1.82) is 0 Å². The maximum atomic E-state index is 12.5. The molecule has 0 bridgehead atoms. The summed E-state index contributed by atoms with van der Waals surface area (Å²) in [6, 6.07) is 17.4. The minimum Gasteiger partial charge on any atom is -0.465 e. The fraction of sp³-hybridized carbons (Fsp3) is 0.0952. The van der Waals surface area contributed by atoms with Crippen molar-refractivity contribution >= 4 is 28.2 Å². The summed E-state index contributed by atoms with van der Waals surface area (Å²) in [6.45, 7) is 0. The standard InChI is InChI=1S/C21H16N2O4/c1-26-20(24)16-12-23-19(17(16)21(25)27-2)15-11-7-6-10-14(15)18(22-23)13-8-4-3-5-9-13/h3-12H,1-2H3. The second kappa shape index (κ2) is 6.57. The van der Waals surface area contributed by atoms with E-state index >= 15 is 0 Å². The molecule has 2 aromatic carbocycles. The summed E-state index contributed by atoms with van der Waals surface area (Å²) in [5.74, 6) is -1.23. The van der Waals surface area contributed by atoms with Gasteiger partial charge in [0, 0.05) is 22.5 Å². The highest BCUT2D eigenvalue weighted by atomic mass is 16.5. The zero-order valence-electron chi connectivity index (χ0n) is 14.8. The first kappa shape index (κ1) is 16.8. The van der Waals surface area contributed by atoms with Gasteiger partial charge in [-0.15, -0.1) is 0 Å². The lowest BCUT2D eigenvalue weighted by Crippen LogP contribution is -2.09. The molecule has 0 amide bonds. The van der Waals surface area contributed by atoms with E-state index in [2.05, 4.69) is 5.10 Å². The minimum absolute atomic E-state index is 0.118. The van der Waals surface area contributed by atoms with Crippen LogP contribution >= 0.6 is 0 Å². The SMILES string of the molecule is COC(=O)c1cn2nc(-c3ccccc3)c3ccccc3c2c1C(=O)OC. The van der Waals surface area contributed by atoms with Crippen LogP contribution in [0.2, 0.25) is 0 Å². The van der Waals surface area contributed by atoms with Crippen molar-refractivity contribution in [1.82, 2.24) is 9.61 Å². The van der Waals surface area contributed by atoms with Crippen LogP contribution in [0.4, 0.5) is 0 Å². The Morgan fingerprint density at radius 1 is 0.852 bits per heavy atom. The quantitative estimate of drug-likeness (QED) is 0.521. The molecule has 0 atom stereocenters. The number of nitrogens with zero attached hydrogens (tertiary/aromatic N) is 2. The van der Waals surface area contributed by atoms with E-state index in [0.717, 1.165) is 22.0 Å². The Bertz CT molecular complexity index is 1180. The molecule has 0 saturated heterocycles. The number of hydrogen-bond donors (Lipinski definition) is 0. The molecule has 0 unspecified atom stereocenters. The first-order valence-electron chi connectivity index (χ1n) is 8.32. The van der Waals surface area contributed by atoms with Crippen molar-refractivity contribution in [2.24, 2.45) is 0 Å². The molecule has 2 aromatic heterocycles. The van der Waals surface area contributed by atoms with Crippen LogP contribution in [0.3, 0.4) is 0 Å². The van der Waals surface area contributed by atoms with Crippen LogP contribution in [0.25, 0.3) is 27.5 Å². The number of esters is 2. The predicted molar refractivity (Wildman–Crippen MR) is 101 cm³/mol. The van der Waals surface area contributed by atoms with E-state index in [4.69, 9.17) is 9.47 Å². The Morgan fingerprint density at radius 2 is 1.48 bits per heavy atom. The number of carbonyl (C=O) groups is 2. The van der Waals surface area contributed by atoms with Gasteiger partial charge in [-0.1, -0.05) is 54.6 Å². The number of aromatic nitrogens is 2. The summed E-state index contributed by atoms with van der Waals surface area (Å²) < 4.78 is 11.3. The molecule has 0 aliphatic carbocycles. The van der Waals surface area contributed by atoms with Crippen molar-refractivity contribution in [3.05, 3.63) is 71.9 Å². The van der Waals surface area contributed by atoms with Crippen LogP contribution < -0.4 is 0 Å². The fourth-order valence-electron chi connectivity index (χ4n) is 3.27. The van der Waals surface area contributed by atoms with Crippen LogP contribution in [0.15, 0.2) is 60.8 Å². The van der Waals surface area contributed by atoms with Crippen molar-refractivity contribution in [3.8, 4) is 11.3 Å². The van der Waals surface area contributed by atoms with Crippen molar-refractivity contribution in [3.63, 3.8) is 0 Å². The second-order valence-electron chi connectivity index (χ2n) is 5.95. The molecule has 2 heterocycles. The average Bonchev–Trinajstić information content (AvgIpc) is 3.12. The molecule has 0 N–H and O–H groups in total. The summed E-state index contributed by atoms with van der Waals surface area (Å²) in [6.07, 6.45) is 1.51. The molecule has 27 heavy (non-hydrogen) atoms. The highest BCUT2D eigenvalue weighted by Crippen LogP contribution is 2.33. The highest BCUT2D eigenvalue weighted by Gasteiger charge is 2.27. The van der Waals surface area contributed by atoms with E-state index in [1.807, 2.05) is 54.6 Å². The molecule has 0 aliphatic rings. The van der Waals surface area contributed by atoms with E-state index in [1.54, 1.807) is 4.52 Å². The van der Waals surface area contributed by atoms with Gasteiger partial charge in [0.05, 0.1) is 31.0 Å². The Hall–Kier alpha value is -3.67. The van der Waals surface area contributed by atoms with Crippen LogP contribution in [0, 0.1) is 0 Å². The van der Waals surface area contributed by atoms with Gasteiger partial charge in [0.1, 0.15) is 5.56 Å². The Morgan fingerprint density at radius 3 is 2.15 bits per heavy atom. The summed E-state index contributed by atoms with van der Waals surface area (Å²) >= 11 is 0. The van der Waals surface area contributed by atoms with Gasteiger partial charge in [-0.05, 0) is 0 Å². The smallest absolute Gasteiger partial charge is 0.341 e. The average molecular weight is 360 g/mol. The van der Waals surface area contributed by atoms with E-state index in [0.29, 0.717) is 5.52 Å². The molecule has 0 fully saturated rings. The molecule has 0 spiro atoms. The molecule has 4 aromatic rings. The van der Waals surface area contributed by atoms with Gasteiger partial charge in [0.15, 0.2) is 0 Å². The largest absolute Gasteiger partial charge is 0.465 e. The first-order valence-corrected chi connectivity index (χ1v) is 8.32. The molecule has 4 rings (SSSR count). The van der Waals surface area contributed by atoms with E-state index in [1.165, 1.54) is 20.4 Å². The number of hydrogen-bond acceptors (Lipinski definition) is 5. The van der Waals surface area contributed by atoms with Crippen molar-refractivity contribution < 1.29 is 19.1 Å². The number of carbonyl (C=O) groups excluding carboxylic acids is 2. The molecule has 6 heteroatoms. The normalized spacial score (nSPS) is 10.9. The van der Waals surface area contributed by atoms with Gasteiger partial charge in [-0.3, -0.25) is 0 Å². The molecule has 0 aliphatic heterocycles. The second-order valence-corrected chi connectivity index (χ2v) is 5.95. The Kier molecular flexibility index (Phi) is 4.08. The van der Waals surface area contributed by atoms with Crippen LogP contribution in [0.5, 0.6) is 0 Å². The highest BCUT2D eigenvalue weighted by molar-refractivity contribution is 6.15. The van der Waals surface area contributed by atoms with Gasteiger partial charge in [0.2, 0.25) is 0 Å². The monoisotopic (exact) mass is 360 g/mol. The molecule has 134 valence electrons. The third-order valence-electron chi connectivity index (χ3n) is 4.47. The minimum atomic E-state index is -0.619. The third kappa shape index (κ3) is 2.62. The molecule has 0 saturated carbocycles. The van der Waals surface area contributed by atoms with Crippen LogP contribution in [-0.2, 0) is 9.47 Å². The topological polar surface area (TPSA) is 69.9 Å². The van der Waals surface area contributed by atoms with Gasteiger partial charge >= 0.3 is 11.9 Å². The zero-order chi connectivity index (χ0) is 19.0. The Labute approximate surface area is 154 Å². The fourth-order valence-corrected chi connectivity index (χ4v) is 3.27. The Balaban J connectivity index is 2.17. The number of ether oxygens (including phenoxy) is 2. The van der Waals surface area contributed by atoms with E-state index in [9.17, 15) is 9.59 Å². The summed E-state index contributed by atoms with van der Waals surface area (Å²) in [5, 5.41) is 6.35. The summed E-state index contributed by atoms with van der Waals surface area (Å²) in [5.41, 5.74) is 2.46. The lowest BCUT2D eigenvalue weighted by atomic mass is 10.0. The maximum Gasteiger partial charge on any atom is 0.341 e. The lowest BCUT2D eigenvalue weighted by molar-refractivity contribution is 0.0558. The number of methoxy groups -OCH3 is 2. The van der Waals surface area contributed by atoms with Crippen LogP contribution in [-0.4, -0.2) is 35.8 Å². The molecular formula is C21H16N2O4. The predicted octanol–water partition coefficient (Wildman–Crippen LogP) is 3.73. The van der Waals surface area contributed by atoms with Gasteiger partial charge in [-0.25, -0.2) is 14.1 Å². The summed E-state index contributed by atoms with van der Waals surface area (Å²) in [4.78, 5) is 24.7. The zero-order valence-corrected chi connectivity index (χ0v) is 14.8. The van der Waals surface area contributed by atoms with Gasteiger partial charge in [0.25, 0.3) is 0 Å². The third-order valence-corrected chi connectivity index (χ3v) is 4.47. The first-order chi connectivity index (χ1) is 13.2. The van der Waals surface area contributed by atoms with Crippen LogP contribution in [0.1, 0.15) is 20.7 Å². The van der Waals surface area contributed by atoms with E-state index < -0.39 is 11.9 Å². The maximum absolute atomic E-state index is 12.5. The number of fused-ring (bicyclic) bond motifs is 3. The van der Waals surface area contributed by atoms with Gasteiger partial charge in [-0.2, -0.15) is 5.10 Å². The molecular weight excluding hydrogens is 344 g/mol. The molecule has 0 radical (unpaired) electrons. The number of benzene rings is 2. The van der Waals surface area contributed by atoms with E-state index in [-0.39, 0.29) is 11.1 Å². The number of rotatable bonds is 3. The van der Waals surface area contributed by atoms with Gasteiger partial charge < -0.3 is 9.47 Å². The lowest BCUT2D eigenvalue weighted by Gasteiger charge is -2.09.